The Labute approximate surface area is 140 Å². The van der Waals surface area contributed by atoms with E-state index in [1.807, 2.05) is 13.0 Å². The second kappa shape index (κ2) is 7.92. The average molecular weight is 340 g/mol. The lowest BCUT2D eigenvalue weighted by atomic mass is 10.2. The summed E-state index contributed by atoms with van der Waals surface area (Å²) in [5, 5.41) is 3.67. The predicted molar refractivity (Wildman–Crippen MR) is 89.5 cm³/mol. The van der Waals surface area contributed by atoms with Crippen molar-refractivity contribution in [2.45, 2.75) is 13.5 Å². The molecule has 0 saturated heterocycles. The molecule has 23 heavy (non-hydrogen) atoms. The van der Waals surface area contributed by atoms with Gasteiger partial charge in [-0.2, -0.15) is 0 Å². The smallest absolute Gasteiger partial charge is 0.179 e. The summed E-state index contributed by atoms with van der Waals surface area (Å²) in [5.74, 6) is 1.19. The van der Waals surface area contributed by atoms with E-state index >= 15 is 0 Å². The molecule has 0 atom stereocenters. The first-order chi connectivity index (χ1) is 11.1. The van der Waals surface area contributed by atoms with Gasteiger partial charge in [-0.15, -0.1) is 0 Å². The van der Waals surface area contributed by atoms with Crippen molar-refractivity contribution in [1.29, 1.82) is 0 Å². The molecular weight excluding hydrogens is 321 g/mol. The van der Waals surface area contributed by atoms with Gasteiger partial charge in [-0.25, -0.2) is 4.39 Å². The van der Waals surface area contributed by atoms with Gasteiger partial charge in [-0.1, -0.05) is 11.6 Å². The predicted octanol–water partition coefficient (Wildman–Crippen LogP) is 4.51. The molecule has 0 saturated carbocycles. The van der Waals surface area contributed by atoms with Crippen LogP contribution in [0.3, 0.4) is 0 Å². The topological polar surface area (TPSA) is 39.7 Å². The third-order valence-electron chi connectivity index (χ3n) is 3.22. The van der Waals surface area contributed by atoms with Crippen molar-refractivity contribution in [3.8, 4) is 17.2 Å². The van der Waals surface area contributed by atoms with Gasteiger partial charge in [-0.3, -0.25) is 0 Å². The summed E-state index contributed by atoms with van der Waals surface area (Å²) < 4.78 is 29.2. The summed E-state index contributed by atoms with van der Waals surface area (Å²) in [6, 6.07) is 7.98. The van der Waals surface area contributed by atoms with Crippen LogP contribution < -0.4 is 19.5 Å². The van der Waals surface area contributed by atoms with Crippen LogP contribution in [0, 0.1) is 5.82 Å². The Hall–Kier alpha value is -2.14. The number of nitrogens with one attached hydrogen (secondary N) is 1. The van der Waals surface area contributed by atoms with E-state index in [2.05, 4.69) is 5.32 Å². The molecule has 0 aromatic heterocycles. The fraction of sp³-hybridized carbons (Fsp3) is 0.294. The molecule has 124 valence electrons. The molecular formula is C17H19ClFNO3. The van der Waals surface area contributed by atoms with Gasteiger partial charge in [0.1, 0.15) is 11.6 Å². The second-order valence-electron chi connectivity index (χ2n) is 4.74. The van der Waals surface area contributed by atoms with Crippen molar-refractivity contribution < 1.29 is 18.6 Å². The van der Waals surface area contributed by atoms with E-state index in [0.717, 1.165) is 5.56 Å². The number of benzene rings is 2. The zero-order chi connectivity index (χ0) is 16.8. The van der Waals surface area contributed by atoms with E-state index in [4.69, 9.17) is 25.8 Å². The molecule has 0 bridgehead atoms. The molecule has 0 fully saturated rings. The molecule has 2 aromatic carbocycles. The molecule has 0 spiro atoms. The van der Waals surface area contributed by atoms with Crippen molar-refractivity contribution in [3.05, 3.63) is 46.7 Å². The standard InChI is InChI=1S/C17H19ClFNO3/c1-4-23-16-8-11(7-13(18)17(16)22-3)10-20-14-6-5-12(19)9-15(14)21-2/h5-9,20H,4,10H2,1-3H3. The third kappa shape index (κ3) is 4.20. The minimum absolute atomic E-state index is 0.349. The van der Waals surface area contributed by atoms with Gasteiger partial charge in [0, 0.05) is 12.6 Å². The Kier molecular flexibility index (Phi) is 5.93. The van der Waals surface area contributed by atoms with Crippen LogP contribution in [0.25, 0.3) is 0 Å². The van der Waals surface area contributed by atoms with Gasteiger partial charge in [-0.05, 0) is 36.8 Å². The summed E-state index contributed by atoms with van der Waals surface area (Å²) in [6.07, 6.45) is 0. The molecule has 0 amide bonds. The van der Waals surface area contributed by atoms with Gasteiger partial charge in [0.15, 0.2) is 11.5 Å². The maximum Gasteiger partial charge on any atom is 0.179 e. The molecule has 0 unspecified atom stereocenters. The van der Waals surface area contributed by atoms with Gasteiger partial charge >= 0.3 is 0 Å². The average Bonchev–Trinajstić information content (AvgIpc) is 2.53. The van der Waals surface area contributed by atoms with Crippen LogP contribution in [0.2, 0.25) is 5.02 Å². The van der Waals surface area contributed by atoms with Crippen molar-refractivity contribution in [1.82, 2.24) is 0 Å². The first-order valence-electron chi connectivity index (χ1n) is 7.15. The van der Waals surface area contributed by atoms with Gasteiger partial charge in [0.2, 0.25) is 0 Å². The summed E-state index contributed by atoms with van der Waals surface area (Å²) >= 11 is 6.22. The highest BCUT2D eigenvalue weighted by Gasteiger charge is 2.12. The first-order valence-corrected chi connectivity index (χ1v) is 7.53. The lowest BCUT2D eigenvalue weighted by Gasteiger charge is -2.15. The largest absolute Gasteiger partial charge is 0.494 e. The van der Waals surface area contributed by atoms with Crippen molar-refractivity contribution in [2.24, 2.45) is 0 Å². The molecule has 6 heteroatoms. The number of halogens is 2. The number of hydrogen-bond donors (Lipinski definition) is 1. The second-order valence-corrected chi connectivity index (χ2v) is 5.15. The van der Waals surface area contributed by atoms with E-state index < -0.39 is 0 Å². The van der Waals surface area contributed by atoms with E-state index in [-0.39, 0.29) is 5.82 Å². The quantitative estimate of drug-likeness (QED) is 0.805. The van der Waals surface area contributed by atoms with Crippen molar-refractivity contribution in [2.75, 3.05) is 26.1 Å². The molecule has 1 N–H and O–H groups in total. The fourth-order valence-corrected chi connectivity index (χ4v) is 2.50. The molecule has 0 heterocycles. The van der Waals surface area contributed by atoms with E-state index in [9.17, 15) is 4.39 Å². The monoisotopic (exact) mass is 339 g/mol. The van der Waals surface area contributed by atoms with Crippen LogP contribution in [-0.4, -0.2) is 20.8 Å². The molecule has 0 aliphatic heterocycles. The minimum Gasteiger partial charge on any atom is -0.494 e. The summed E-state index contributed by atoms with van der Waals surface area (Å²) in [5.41, 5.74) is 1.60. The number of hydrogen-bond acceptors (Lipinski definition) is 4. The summed E-state index contributed by atoms with van der Waals surface area (Å²) in [4.78, 5) is 0. The Morgan fingerprint density at radius 2 is 1.87 bits per heavy atom. The molecule has 0 radical (unpaired) electrons. The fourth-order valence-electron chi connectivity index (χ4n) is 2.19. The Balaban J connectivity index is 2.20. The maximum atomic E-state index is 13.2. The Morgan fingerprint density at radius 1 is 1.09 bits per heavy atom. The van der Waals surface area contributed by atoms with Crippen molar-refractivity contribution >= 4 is 17.3 Å². The summed E-state index contributed by atoms with van der Waals surface area (Å²) in [6.45, 7) is 2.88. The lowest BCUT2D eigenvalue weighted by Crippen LogP contribution is -2.03. The zero-order valence-electron chi connectivity index (χ0n) is 13.3. The van der Waals surface area contributed by atoms with Crippen LogP contribution in [0.1, 0.15) is 12.5 Å². The van der Waals surface area contributed by atoms with Crippen LogP contribution in [0.15, 0.2) is 30.3 Å². The number of ether oxygens (including phenoxy) is 3. The van der Waals surface area contributed by atoms with E-state index in [1.165, 1.54) is 19.2 Å². The maximum absolute atomic E-state index is 13.2. The number of anilines is 1. The molecule has 4 nitrogen and oxygen atoms in total. The Bertz CT molecular complexity index is 679. The molecule has 2 rings (SSSR count). The van der Waals surface area contributed by atoms with Crippen LogP contribution in [0.5, 0.6) is 17.2 Å². The molecule has 0 aliphatic rings. The van der Waals surface area contributed by atoms with Crippen molar-refractivity contribution in [3.63, 3.8) is 0 Å². The molecule has 0 aliphatic carbocycles. The van der Waals surface area contributed by atoms with Crippen LogP contribution in [0.4, 0.5) is 10.1 Å². The molecule has 2 aromatic rings. The zero-order valence-corrected chi connectivity index (χ0v) is 14.0. The highest BCUT2D eigenvalue weighted by Crippen LogP contribution is 2.36. The van der Waals surface area contributed by atoms with E-state index in [1.54, 1.807) is 19.2 Å². The minimum atomic E-state index is -0.349. The third-order valence-corrected chi connectivity index (χ3v) is 3.50. The number of methoxy groups -OCH3 is 2. The van der Waals surface area contributed by atoms with Crippen LogP contribution in [-0.2, 0) is 6.54 Å². The van der Waals surface area contributed by atoms with E-state index in [0.29, 0.717) is 41.1 Å². The van der Waals surface area contributed by atoms with Gasteiger partial charge in [0.25, 0.3) is 0 Å². The SMILES string of the molecule is CCOc1cc(CNc2ccc(F)cc2OC)cc(Cl)c1OC. The summed E-state index contributed by atoms with van der Waals surface area (Å²) in [7, 11) is 3.04. The highest BCUT2D eigenvalue weighted by atomic mass is 35.5. The van der Waals surface area contributed by atoms with Gasteiger partial charge in [0.05, 0.1) is 31.5 Å². The van der Waals surface area contributed by atoms with Crippen LogP contribution >= 0.6 is 11.6 Å². The normalized spacial score (nSPS) is 10.3. The Morgan fingerprint density at radius 3 is 2.52 bits per heavy atom. The van der Waals surface area contributed by atoms with Gasteiger partial charge < -0.3 is 19.5 Å². The lowest BCUT2D eigenvalue weighted by molar-refractivity contribution is 0.310. The highest BCUT2D eigenvalue weighted by molar-refractivity contribution is 6.32. The number of rotatable bonds is 7. The first kappa shape index (κ1) is 17.2.